The summed E-state index contributed by atoms with van der Waals surface area (Å²) in [6.07, 6.45) is 1.68. The summed E-state index contributed by atoms with van der Waals surface area (Å²) in [5.41, 5.74) is 6.81. The molecule has 0 spiro atoms. The van der Waals surface area contributed by atoms with Crippen molar-refractivity contribution < 1.29 is 4.79 Å². The number of nitrogens with zero attached hydrogens (tertiary/aromatic N) is 2. The number of benzene rings is 1. The highest BCUT2D eigenvalue weighted by Gasteiger charge is 2.10. The highest BCUT2D eigenvalue weighted by molar-refractivity contribution is 9.10. The van der Waals surface area contributed by atoms with Crippen LogP contribution in [0.25, 0.3) is 5.69 Å². The molecular weight excluding hydrogens is 386 g/mol. The molecule has 0 saturated heterocycles. The molecule has 3 aromatic rings. The molecule has 122 valence electrons. The van der Waals surface area contributed by atoms with Gasteiger partial charge in [0.2, 0.25) is 0 Å². The maximum absolute atomic E-state index is 11.9. The van der Waals surface area contributed by atoms with Crippen molar-refractivity contribution in [1.82, 2.24) is 9.99 Å². The lowest BCUT2D eigenvalue weighted by Crippen LogP contribution is -2.16. The fourth-order valence-corrected chi connectivity index (χ4v) is 3.41. The molecule has 1 aromatic carbocycles. The minimum absolute atomic E-state index is 0.192. The standard InChI is InChI=1S/C18H16BrN3OS/c1-12-10-14(11-20-21-18(23)17-4-3-9-24-17)13(2)22(12)16-7-5-15(19)6-8-16/h3-11H,1-2H3,(H,21,23)/b20-11+. The predicted octanol–water partition coefficient (Wildman–Crippen LogP) is 4.68. The molecule has 0 atom stereocenters. The van der Waals surface area contributed by atoms with Crippen molar-refractivity contribution in [2.45, 2.75) is 13.8 Å². The molecule has 0 unspecified atom stereocenters. The van der Waals surface area contributed by atoms with Crippen molar-refractivity contribution in [3.8, 4) is 5.69 Å². The largest absolute Gasteiger partial charge is 0.318 e. The molecule has 1 amide bonds. The van der Waals surface area contributed by atoms with E-state index < -0.39 is 0 Å². The van der Waals surface area contributed by atoms with Gasteiger partial charge in [-0.3, -0.25) is 4.79 Å². The number of nitrogens with one attached hydrogen (secondary N) is 1. The third-order valence-electron chi connectivity index (χ3n) is 3.67. The molecule has 0 radical (unpaired) electrons. The van der Waals surface area contributed by atoms with E-state index in [1.807, 2.05) is 30.5 Å². The molecule has 1 N–H and O–H groups in total. The molecule has 0 saturated carbocycles. The highest BCUT2D eigenvalue weighted by atomic mass is 79.9. The number of hydrogen-bond donors (Lipinski definition) is 1. The predicted molar refractivity (Wildman–Crippen MR) is 102 cm³/mol. The van der Waals surface area contributed by atoms with Gasteiger partial charge in [-0.1, -0.05) is 22.0 Å². The Kier molecular flexibility index (Phi) is 4.97. The van der Waals surface area contributed by atoms with Crippen molar-refractivity contribution in [3.63, 3.8) is 0 Å². The number of hydrogen-bond acceptors (Lipinski definition) is 3. The van der Waals surface area contributed by atoms with Gasteiger partial charge >= 0.3 is 0 Å². The van der Waals surface area contributed by atoms with E-state index in [9.17, 15) is 4.79 Å². The smallest absolute Gasteiger partial charge is 0.281 e. The summed E-state index contributed by atoms with van der Waals surface area (Å²) in [5.74, 6) is -0.192. The number of carbonyl (C=O) groups excluding carboxylic acids is 1. The third-order valence-corrected chi connectivity index (χ3v) is 5.07. The lowest BCUT2D eigenvalue weighted by atomic mass is 10.2. The van der Waals surface area contributed by atoms with Crippen LogP contribution in [0.3, 0.4) is 0 Å². The number of amides is 1. The summed E-state index contributed by atoms with van der Waals surface area (Å²) in [4.78, 5) is 12.5. The number of thiophene rings is 1. The quantitative estimate of drug-likeness (QED) is 0.500. The van der Waals surface area contributed by atoms with Gasteiger partial charge in [-0.2, -0.15) is 5.10 Å². The van der Waals surface area contributed by atoms with Crippen LogP contribution in [0.2, 0.25) is 0 Å². The molecule has 2 heterocycles. The zero-order chi connectivity index (χ0) is 17.1. The van der Waals surface area contributed by atoms with Gasteiger partial charge in [0.05, 0.1) is 11.1 Å². The first kappa shape index (κ1) is 16.7. The second-order valence-corrected chi connectivity index (χ2v) is 7.18. The number of aromatic nitrogens is 1. The van der Waals surface area contributed by atoms with Gasteiger partial charge in [0.15, 0.2) is 0 Å². The maximum Gasteiger partial charge on any atom is 0.281 e. The summed E-state index contributed by atoms with van der Waals surface area (Å²) in [7, 11) is 0. The van der Waals surface area contributed by atoms with E-state index in [0.29, 0.717) is 4.88 Å². The van der Waals surface area contributed by atoms with Crippen LogP contribution in [-0.4, -0.2) is 16.7 Å². The van der Waals surface area contributed by atoms with Crippen LogP contribution in [0, 0.1) is 13.8 Å². The van der Waals surface area contributed by atoms with Crippen molar-refractivity contribution in [2.75, 3.05) is 0 Å². The lowest BCUT2D eigenvalue weighted by molar-refractivity contribution is 0.0959. The van der Waals surface area contributed by atoms with E-state index >= 15 is 0 Å². The number of rotatable bonds is 4. The minimum Gasteiger partial charge on any atom is -0.318 e. The molecule has 6 heteroatoms. The summed E-state index contributed by atoms with van der Waals surface area (Å²) in [6.45, 7) is 4.09. The van der Waals surface area contributed by atoms with E-state index in [0.717, 1.165) is 27.1 Å². The van der Waals surface area contributed by atoms with Crippen LogP contribution in [0.5, 0.6) is 0 Å². The van der Waals surface area contributed by atoms with E-state index in [1.165, 1.54) is 11.3 Å². The normalized spacial score (nSPS) is 11.1. The monoisotopic (exact) mass is 401 g/mol. The van der Waals surface area contributed by atoms with Gasteiger partial charge in [-0.25, -0.2) is 5.43 Å². The molecule has 2 aromatic heterocycles. The third kappa shape index (κ3) is 3.49. The zero-order valence-electron chi connectivity index (χ0n) is 13.3. The molecule has 4 nitrogen and oxygen atoms in total. The summed E-state index contributed by atoms with van der Waals surface area (Å²) >= 11 is 4.85. The first-order valence-corrected chi connectivity index (χ1v) is 9.05. The van der Waals surface area contributed by atoms with Crippen molar-refractivity contribution in [2.24, 2.45) is 5.10 Å². The summed E-state index contributed by atoms with van der Waals surface area (Å²) in [5, 5.41) is 5.95. The Bertz CT molecular complexity index is 880. The second-order valence-electron chi connectivity index (χ2n) is 5.31. The lowest BCUT2D eigenvalue weighted by Gasteiger charge is -2.09. The van der Waals surface area contributed by atoms with Crippen LogP contribution in [-0.2, 0) is 0 Å². The minimum atomic E-state index is -0.192. The number of carbonyl (C=O) groups is 1. The topological polar surface area (TPSA) is 46.4 Å². The first-order valence-electron chi connectivity index (χ1n) is 7.38. The number of aryl methyl sites for hydroxylation is 1. The van der Waals surface area contributed by atoms with Gasteiger partial charge in [-0.05, 0) is 55.6 Å². The molecule has 0 aliphatic rings. The van der Waals surface area contributed by atoms with Gasteiger partial charge < -0.3 is 4.57 Å². The Morgan fingerprint density at radius 3 is 2.67 bits per heavy atom. The average Bonchev–Trinajstić information content (AvgIpc) is 3.18. The Hall–Kier alpha value is -2.18. The van der Waals surface area contributed by atoms with Gasteiger partial charge in [0, 0.05) is 27.1 Å². The second kappa shape index (κ2) is 7.15. The van der Waals surface area contributed by atoms with Crippen LogP contribution in [0.4, 0.5) is 0 Å². The highest BCUT2D eigenvalue weighted by Crippen LogP contribution is 2.21. The van der Waals surface area contributed by atoms with Crippen LogP contribution in [0.15, 0.2) is 57.4 Å². The van der Waals surface area contributed by atoms with E-state index in [4.69, 9.17) is 0 Å². The average molecular weight is 402 g/mol. The van der Waals surface area contributed by atoms with E-state index in [-0.39, 0.29) is 5.91 Å². The van der Waals surface area contributed by atoms with E-state index in [2.05, 4.69) is 56.1 Å². The molecule has 3 rings (SSSR count). The van der Waals surface area contributed by atoms with Crippen molar-refractivity contribution in [1.29, 1.82) is 0 Å². The van der Waals surface area contributed by atoms with Crippen LogP contribution < -0.4 is 5.43 Å². The SMILES string of the molecule is Cc1cc(/C=N/NC(=O)c2cccs2)c(C)n1-c1ccc(Br)cc1. The Balaban J connectivity index is 1.80. The van der Waals surface area contributed by atoms with Crippen molar-refractivity contribution >= 4 is 39.4 Å². The first-order chi connectivity index (χ1) is 11.6. The van der Waals surface area contributed by atoms with Crippen molar-refractivity contribution in [3.05, 3.63) is 74.1 Å². The Labute approximate surface area is 153 Å². The molecule has 24 heavy (non-hydrogen) atoms. The van der Waals surface area contributed by atoms with Crippen LogP contribution in [0.1, 0.15) is 26.6 Å². The molecule has 0 aliphatic heterocycles. The van der Waals surface area contributed by atoms with E-state index in [1.54, 1.807) is 12.3 Å². The van der Waals surface area contributed by atoms with Gasteiger partial charge in [0.25, 0.3) is 5.91 Å². The molecule has 0 aliphatic carbocycles. The fraction of sp³-hybridized carbons (Fsp3) is 0.111. The molecular formula is C18H16BrN3OS. The Morgan fingerprint density at radius 2 is 2.00 bits per heavy atom. The summed E-state index contributed by atoms with van der Waals surface area (Å²) in [6, 6.07) is 13.8. The zero-order valence-corrected chi connectivity index (χ0v) is 15.7. The summed E-state index contributed by atoms with van der Waals surface area (Å²) < 4.78 is 3.21. The molecule has 0 bridgehead atoms. The number of halogens is 1. The fourth-order valence-electron chi connectivity index (χ4n) is 2.53. The van der Waals surface area contributed by atoms with Crippen LogP contribution >= 0.6 is 27.3 Å². The molecule has 0 fully saturated rings. The van der Waals surface area contributed by atoms with Gasteiger partial charge in [-0.15, -0.1) is 11.3 Å². The number of hydrazone groups is 1. The Morgan fingerprint density at radius 1 is 1.25 bits per heavy atom. The maximum atomic E-state index is 11.9. The van der Waals surface area contributed by atoms with Gasteiger partial charge in [0.1, 0.15) is 0 Å².